The van der Waals surface area contributed by atoms with Crippen LogP contribution in [0.1, 0.15) is 31.4 Å². The maximum Gasteiger partial charge on any atom is 0.225 e. The topological polar surface area (TPSA) is 40.5 Å². The summed E-state index contributed by atoms with van der Waals surface area (Å²) in [5.74, 6) is 6.02. The van der Waals surface area contributed by atoms with Crippen LogP contribution in [0.3, 0.4) is 0 Å². The molecule has 1 rings (SSSR count). The van der Waals surface area contributed by atoms with Crippen molar-refractivity contribution >= 4 is 5.91 Å². The van der Waals surface area contributed by atoms with Crippen LogP contribution in [0.2, 0.25) is 0 Å². The van der Waals surface area contributed by atoms with Crippen LogP contribution in [0.25, 0.3) is 0 Å². The Bertz CT molecular complexity index is 466. The predicted octanol–water partition coefficient (Wildman–Crippen LogP) is 2.03. The normalized spacial score (nSPS) is 9.95. The van der Waals surface area contributed by atoms with E-state index in [1.807, 2.05) is 45.2 Å². The first kappa shape index (κ1) is 15.3. The van der Waals surface area contributed by atoms with Crippen molar-refractivity contribution in [3.05, 3.63) is 35.4 Å². The van der Waals surface area contributed by atoms with Crippen LogP contribution in [0.4, 0.5) is 0 Å². The van der Waals surface area contributed by atoms with Crippen molar-refractivity contribution in [2.75, 3.05) is 13.7 Å². The lowest BCUT2D eigenvalue weighted by Crippen LogP contribution is -2.29. The lowest BCUT2D eigenvalue weighted by molar-refractivity contribution is -0.133. The van der Waals surface area contributed by atoms with Crippen molar-refractivity contribution < 1.29 is 9.90 Å². The molecule has 102 valence electrons. The van der Waals surface area contributed by atoms with Crippen molar-refractivity contribution in [1.29, 1.82) is 0 Å². The molecular weight excluding hydrogens is 238 g/mol. The maximum absolute atomic E-state index is 11.8. The van der Waals surface area contributed by atoms with Crippen LogP contribution in [0.5, 0.6) is 0 Å². The van der Waals surface area contributed by atoms with Gasteiger partial charge in [0.1, 0.15) is 0 Å². The molecule has 1 amide bonds. The van der Waals surface area contributed by atoms with Gasteiger partial charge in [-0.05, 0) is 17.7 Å². The molecule has 0 aromatic heterocycles. The van der Waals surface area contributed by atoms with E-state index in [-0.39, 0.29) is 18.4 Å². The van der Waals surface area contributed by atoms with E-state index < -0.39 is 0 Å². The molecular formula is C16H21NO2. The number of hydrogen-bond donors (Lipinski definition) is 1. The number of amides is 1. The van der Waals surface area contributed by atoms with Gasteiger partial charge in [-0.15, -0.1) is 0 Å². The number of carbonyl (C=O) groups is 1. The van der Waals surface area contributed by atoms with Gasteiger partial charge < -0.3 is 10.0 Å². The van der Waals surface area contributed by atoms with E-state index in [9.17, 15) is 4.79 Å². The van der Waals surface area contributed by atoms with Crippen LogP contribution >= 0.6 is 0 Å². The van der Waals surface area contributed by atoms with Crippen LogP contribution in [0.15, 0.2) is 24.3 Å². The molecule has 3 nitrogen and oxygen atoms in total. The second-order valence-corrected chi connectivity index (χ2v) is 4.82. The predicted molar refractivity (Wildman–Crippen MR) is 76.3 cm³/mol. The van der Waals surface area contributed by atoms with Crippen LogP contribution in [-0.2, 0) is 11.3 Å². The molecule has 0 unspecified atom stereocenters. The molecule has 0 spiro atoms. The molecule has 0 aliphatic heterocycles. The number of hydrogen-bond acceptors (Lipinski definition) is 2. The Morgan fingerprint density at radius 2 is 1.95 bits per heavy atom. The third kappa shape index (κ3) is 5.15. The summed E-state index contributed by atoms with van der Waals surface area (Å²) in [7, 11) is 1.82. The van der Waals surface area contributed by atoms with Crippen molar-refractivity contribution in [3.8, 4) is 11.8 Å². The van der Waals surface area contributed by atoms with Crippen LogP contribution in [0, 0.1) is 17.8 Å². The monoisotopic (exact) mass is 259 g/mol. The highest BCUT2D eigenvalue weighted by atomic mass is 16.2. The van der Waals surface area contributed by atoms with Gasteiger partial charge in [-0.1, -0.05) is 37.8 Å². The van der Waals surface area contributed by atoms with Crippen LogP contribution < -0.4 is 0 Å². The molecule has 0 atom stereocenters. The molecule has 0 saturated heterocycles. The van der Waals surface area contributed by atoms with Crippen molar-refractivity contribution in [1.82, 2.24) is 4.90 Å². The number of aliphatic hydroxyl groups excluding tert-OH is 1. The number of carbonyl (C=O) groups excluding carboxylic acids is 1. The number of benzene rings is 1. The first-order valence-electron chi connectivity index (χ1n) is 6.48. The molecule has 1 aromatic carbocycles. The van der Waals surface area contributed by atoms with Gasteiger partial charge in [0, 0.05) is 31.5 Å². The molecule has 0 saturated carbocycles. The summed E-state index contributed by atoms with van der Waals surface area (Å²) in [5.41, 5.74) is 2.01. The zero-order valence-corrected chi connectivity index (χ0v) is 11.8. The fourth-order valence-corrected chi connectivity index (χ4v) is 1.71. The highest BCUT2D eigenvalue weighted by Crippen LogP contribution is 2.08. The molecule has 3 heteroatoms. The molecule has 0 aliphatic rings. The third-order valence-corrected chi connectivity index (χ3v) is 2.71. The third-order valence-electron chi connectivity index (χ3n) is 2.71. The Morgan fingerprint density at radius 1 is 1.32 bits per heavy atom. The van der Waals surface area contributed by atoms with Crippen molar-refractivity contribution in [2.24, 2.45) is 5.92 Å². The molecule has 1 N–H and O–H groups in total. The summed E-state index contributed by atoms with van der Waals surface area (Å²) >= 11 is 0. The Labute approximate surface area is 115 Å². The fourth-order valence-electron chi connectivity index (χ4n) is 1.71. The Kier molecular flexibility index (Phi) is 6.11. The van der Waals surface area contributed by atoms with Crippen molar-refractivity contribution in [2.45, 2.75) is 26.8 Å². The Hall–Kier alpha value is -1.79. The summed E-state index contributed by atoms with van der Waals surface area (Å²) < 4.78 is 0. The average molecular weight is 259 g/mol. The lowest BCUT2D eigenvalue weighted by Gasteiger charge is -2.19. The molecule has 0 heterocycles. The molecule has 0 aliphatic carbocycles. The first-order chi connectivity index (χ1) is 9.04. The van der Waals surface area contributed by atoms with Crippen LogP contribution in [-0.4, -0.2) is 29.6 Å². The molecule has 0 bridgehead atoms. The Morgan fingerprint density at radius 3 is 2.47 bits per heavy atom. The van der Waals surface area contributed by atoms with E-state index in [1.54, 1.807) is 4.90 Å². The van der Waals surface area contributed by atoms with Gasteiger partial charge in [0.05, 0.1) is 6.61 Å². The van der Waals surface area contributed by atoms with Gasteiger partial charge in [0.15, 0.2) is 0 Å². The van der Waals surface area contributed by atoms with E-state index in [0.717, 1.165) is 11.1 Å². The minimum Gasteiger partial charge on any atom is -0.395 e. The van der Waals surface area contributed by atoms with Crippen molar-refractivity contribution in [3.63, 3.8) is 0 Å². The lowest BCUT2D eigenvalue weighted by atomic mass is 10.1. The van der Waals surface area contributed by atoms with E-state index in [0.29, 0.717) is 13.0 Å². The summed E-state index contributed by atoms with van der Waals surface area (Å²) in [6, 6.07) is 7.83. The minimum atomic E-state index is 0.0219. The SMILES string of the molecule is CC(C)C(=O)N(C)Cc1ccc(C#CCCO)cc1. The number of nitrogens with zero attached hydrogens (tertiary/aromatic N) is 1. The van der Waals surface area contributed by atoms with Gasteiger partial charge in [-0.25, -0.2) is 0 Å². The summed E-state index contributed by atoms with van der Waals surface area (Å²) in [6.45, 7) is 4.51. The smallest absolute Gasteiger partial charge is 0.225 e. The zero-order chi connectivity index (χ0) is 14.3. The van der Waals surface area contributed by atoms with Gasteiger partial charge >= 0.3 is 0 Å². The van der Waals surface area contributed by atoms with Gasteiger partial charge in [-0.2, -0.15) is 0 Å². The highest BCUT2D eigenvalue weighted by molar-refractivity contribution is 5.77. The van der Waals surface area contributed by atoms with E-state index in [1.165, 1.54) is 0 Å². The largest absolute Gasteiger partial charge is 0.395 e. The molecule has 0 fully saturated rings. The fraction of sp³-hybridized carbons (Fsp3) is 0.438. The Balaban J connectivity index is 2.63. The highest BCUT2D eigenvalue weighted by Gasteiger charge is 2.12. The van der Waals surface area contributed by atoms with E-state index in [4.69, 9.17) is 5.11 Å². The second-order valence-electron chi connectivity index (χ2n) is 4.82. The maximum atomic E-state index is 11.8. The molecule has 0 radical (unpaired) electrons. The van der Waals surface area contributed by atoms with Gasteiger partial charge in [0.25, 0.3) is 0 Å². The average Bonchev–Trinajstić information content (AvgIpc) is 2.40. The second kappa shape index (κ2) is 7.60. The summed E-state index contributed by atoms with van der Waals surface area (Å²) in [4.78, 5) is 13.5. The minimum absolute atomic E-state index is 0.0219. The van der Waals surface area contributed by atoms with Gasteiger partial charge in [0.2, 0.25) is 5.91 Å². The molecule has 1 aromatic rings. The molecule has 19 heavy (non-hydrogen) atoms. The number of aliphatic hydroxyl groups is 1. The summed E-state index contributed by atoms with van der Waals surface area (Å²) in [5, 5.41) is 8.64. The van der Waals surface area contributed by atoms with Gasteiger partial charge in [-0.3, -0.25) is 4.79 Å². The number of rotatable bonds is 4. The zero-order valence-electron chi connectivity index (χ0n) is 11.8. The first-order valence-corrected chi connectivity index (χ1v) is 6.48. The summed E-state index contributed by atoms with van der Waals surface area (Å²) in [6.07, 6.45) is 0.493. The van der Waals surface area contributed by atoms with E-state index >= 15 is 0 Å². The van der Waals surface area contributed by atoms with E-state index in [2.05, 4.69) is 11.8 Å². The standard InChI is InChI=1S/C16H21NO2/c1-13(2)16(19)17(3)12-15-9-7-14(8-10-15)6-4-5-11-18/h7-10,13,18H,5,11-12H2,1-3H3. The quantitative estimate of drug-likeness (QED) is 0.841.